The van der Waals surface area contributed by atoms with Crippen molar-refractivity contribution in [1.29, 1.82) is 0 Å². The molecule has 0 fully saturated rings. The van der Waals surface area contributed by atoms with E-state index < -0.39 is 0 Å². The number of hydrogen-bond acceptors (Lipinski definition) is 0. The van der Waals surface area contributed by atoms with E-state index in [1.165, 1.54) is 12.0 Å². The van der Waals surface area contributed by atoms with E-state index in [1.54, 1.807) is 0 Å². The molecule has 0 saturated carbocycles. The Balaban J connectivity index is 2.71. The van der Waals surface area contributed by atoms with E-state index in [2.05, 4.69) is 19.9 Å². The van der Waals surface area contributed by atoms with Crippen LogP contribution in [-0.2, 0) is 6.42 Å². The lowest BCUT2D eigenvalue weighted by Gasteiger charge is -2.20. The van der Waals surface area contributed by atoms with Crippen LogP contribution in [0.4, 0.5) is 0 Å². The van der Waals surface area contributed by atoms with Crippen LogP contribution >= 0.6 is 23.2 Å². The highest BCUT2D eigenvalue weighted by atomic mass is 35.5. The number of rotatable bonds is 5. The van der Waals surface area contributed by atoms with Gasteiger partial charge in [0.25, 0.3) is 0 Å². The molecule has 84 valence electrons. The second-order valence-electron chi connectivity index (χ2n) is 4.10. The van der Waals surface area contributed by atoms with Crippen LogP contribution in [0.15, 0.2) is 24.3 Å². The number of hydrogen-bond donors (Lipinski definition) is 0. The first-order valence-electron chi connectivity index (χ1n) is 5.48. The molecule has 0 bridgehead atoms. The molecule has 1 aromatic carbocycles. The van der Waals surface area contributed by atoms with Gasteiger partial charge in [0.15, 0.2) is 0 Å². The van der Waals surface area contributed by atoms with Crippen LogP contribution in [0.1, 0.15) is 25.8 Å². The summed E-state index contributed by atoms with van der Waals surface area (Å²) in [6.07, 6.45) is 2.15. The average molecular weight is 245 g/mol. The number of benzene rings is 1. The molecule has 0 aliphatic heterocycles. The third-order valence-corrected chi connectivity index (χ3v) is 3.85. The van der Waals surface area contributed by atoms with Crippen LogP contribution in [0.3, 0.4) is 0 Å². The molecule has 2 unspecified atom stereocenters. The lowest BCUT2D eigenvalue weighted by Crippen LogP contribution is -2.15. The standard InChI is InChI=1S/C13H18Cl2/c1-3-10(2)12(9-14)8-11-6-4-5-7-13(11)15/h4-7,10,12H,3,8-9H2,1-2H3. The Bertz CT molecular complexity index is 296. The van der Waals surface area contributed by atoms with Crippen LogP contribution in [0.25, 0.3) is 0 Å². The number of alkyl halides is 1. The summed E-state index contributed by atoms with van der Waals surface area (Å²) in [5.74, 6) is 1.88. The highest BCUT2D eigenvalue weighted by Gasteiger charge is 2.16. The number of halogens is 2. The fraction of sp³-hybridized carbons (Fsp3) is 0.538. The van der Waals surface area contributed by atoms with E-state index in [-0.39, 0.29) is 0 Å². The Morgan fingerprint density at radius 1 is 1.27 bits per heavy atom. The molecule has 0 saturated heterocycles. The lowest BCUT2D eigenvalue weighted by molar-refractivity contribution is 0.379. The van der Waals surface area contributed by atoms with Gasteiger partial charge in [-0.05, 0) is 29.9 Å². The minimum Gasteiger partial charge on any atom is -0.126 e. The van der Waals surface area contributed by atoms with Crippen molar-refractivity contribution in [3.8, 4) is 0 Å². The van der Waals surface area contributed by atoms with Crippen LogP contribution in [-0.4, -0.2) is 5.88 Å². The topological polar surface area (TPSA) is 0 Å². The predicted octanol–water partition coefficient (Wildman–Crippen LogP) is 4.78. The quantitative estimate of drug-likeness (QED) is 0.654. The minimum absolute atomic E-state index is 0.525. The van der Waals surface area contributed by atoms with E-state index in [9.17, 15) is 0 Å². The molecule has 0 aromatic heterocycles. The maximum absolute atomic E-state index is 6.13. The Morgan fingerprint density at radius 2 is 1.93 bits per heavy atom. The Hall–Kier alpha value is -0.200. The lowest BCUT2D eigenvalue weighted by atomic mass is 9.88. The van der Waals surface area contributed by atoms with Gasteiger partial charge in [0.2, 0.25) is 0 Å². The smallest absolute Gasteiger partial charge is 0.0438 e. The van der Waals surface area contributed by atoms with Gasteiger partial charge in [-0.3, -0.25) is 0 Å². The first kappa shape index (κ1) is 12.9. The molecule has 1 rings (SSSR count). The summed E-state index contributed by atoms with van der Waals surface area (Å²) in [7, 11) is 0. The van der Waals surface area contributed by atoms with Gasteiger partial charge in [0.05, 0.1) is 0 Å². The summed E-state index contributed by atoms with van der Waals surface area (Å²) in [5.41, 5.74) is 1.21. The van der Waals surface area contributed by atoms with Crippen molar-refractivity contribution in [2.24, 2.45) is 11.8 Å². The van der Waals surface area contributed by atoms with Crippen molar-refractivity contribution < 1.29 is 0 Å². The highest BCUT2D eigenvalue weighted by Crippen LogP contribution is 2.25. The van der Waals surface area contributed by atoms with Gasteiger partial charge in [-0.2, -0.15) is 0 Å². The Kier molecular flexibility index (Phi) is 5.49. The summed E-state index contributed by atoms with van der Waals surface area (Å²) >= 11 is 12.1. The molecule has 0 aliphatic rings. The molecule has 0 aliphatic carbocycles. The van der Waals surface area contributed by atoms with Crippen molar-refractivity contribution in [1.82, 2.24) is 0 Å². The molecule has 0 amide bonds. The van der Waals surface area contributed by atoms with Crippen molar-refractivity contribution >= 4 is 23.2 Å². The monoisotopic (exact) mass is 244 g/mol. The van der Waals surface area contributed by atoms with Gasteiger partial charge >= 0.3 is 0 Å². The second-order valence-corrected chi connectivity index (χ2v) is 4.81. The van der Waals surface area contributed by atoms with Crippen LogP contribution in [0, 0.1) is 11.8 Å². The minimum atomic E-state index is 0.525. The highest BCUT2D eigenvalue weighted by molar-refractivity contribution is 6.31. The average Bonchev–Trinajstić information content (AvgIpc) is 2.27. The van der Waals surface area contributed by atoms with Gasteiger partial charge < -0.3 is 0 Å². The maximum Gasteiger partial charge on any atom is 0.0438 e. The Labute approximate surface area is 103 Å². The maximum atomic E-state index is 6.13. The normalized spacial score (nSPS) is 14.9. The van der Waals surface area contributed by atoms with E-state index in [0.717, 1.165) is 11.4 Å². The van der Waals surface area contributed by atoms with E-state index in [4.69, 9.17) is 23.2 Å². The van der Waals surface area contributed by atoms with Gasteiger partial charge in [0, 0.05) is 10.9 Å². The van der Waals surface area contributed by atoms with Crippen molar-refractivity contribution in [2.75, 3.05) is 5.88 Å². The zero-order valence-electron chi connectivity index (χ0n) is 9.34. The van der Waals surface area contributed by atoms with Crippen LogP contribution in [0.5, 0.6) is 0 Å². The zero-order valence-corrected chi connectivity index (χ0v) is 10.9. The molecule has 0 radical (unpaired) electrons. The molecule has 0 nitrogen and oxygen atoms in total. The van der Waals surface area contributed by atoms with Gasteiger partial charge in [-0.15, -0.1) is 11.6 Å². The molecule has 2 atom stereocenters. The molecule has 0 N–H and O–H groups in total. The van der Waals surface area contributed by atoms with E-state index in [0.29, 0.717) is 17.7 Å². The summed E-state index contributed by atoms with van der Waals surface area (Å²) in [6.45, 7) is 4.46. The summed E-state index contributed by atoms with van der Waals surface area (Å²) < 4.78 is 0. The molecular weight excluding hydrogens is 227 g/mol. The van der Waals surface area contributed by atoms with Crippen molar-refractivity contribution in [3.05, 3.63) is 34.9 Å². The summed E-state index contributed by atoms with van der Waals surface area (Å²) in [4.78, 5) is 0. The molecule has 2 heteroatoms. The molecule has 15 heavy (non-hydrogen) atoms. The predicted molar refractivity (Wildman–Crippen MR) is 68.8 cm³/mol. The molecule has 0 spiro atoms. The second kappa shape index (κ2) is 6.40. The van der Waals surface area contributed by atoms with Gasteiger partial charge in [-0.25, -0.2) is 0 Å². The fourth-order valence-electron chi connectivity index (χ4n) is 1.69. The Morgan fingerprint density at radius 3 is 2.47 bits per heavy atom. The summed E-state index contributed by atoms with van der Waals surface area (Å²) in [5, 5.41) is 0.857. The zero-order chi connectivity index (χ0) is 11.3. The summed E-state index contributed by atoms with van der Waals surface area (Å²) in [6, 6.07) is 8.02. The first-order valence-corrected chi connectivity index (χ1v) is 6.39. The van der Waals surface area contributed by atoms with Crippen LogP contribution in [0.2, 0.25) is 5.02 Å². The third-order valence-electron chi connectivity index (χ3n) is 3.09. The molecule has 1 aromatic rings. The van der Waals surface area contributed by atoms with Gasteiger partial charge in [0.1, 0.15) is 0 Å². The van der Waals surface area contributed by atoms with E-state index >= 15 is 0 Å². The van der Waals surface area contributed by atoms with Gasteiger partial charge in [-0.1, -0.05) is 50.1 Å². The van der Waals surface area contributed by atoms with Crippen molar-refractivity contribution in [2.45, 2.75) is 26.7 Å². The molecule has 0 heterocycles. The third kappa shape index (κ3) is 3.70. The SMILES string of the molecule is CCC(C)C(CCl)Cc1ccccc1Cl. The largest absolute Gasteiger partial charge is 0.126 e. The first-order chi connectivity index (χ1) is 7.19. The van der Waals surface area contributed by atoms with Crippen molar-refractivity contribution in [3.63, 3.8) is 0 Å². The van der Waals surface area contributed by atoms with E-state index in [1.807, 2.05) is 18.2 Å². The van der Waals surface area contributed by atoms with Crippen LogP contribution < -0.4 is 0 Å². The fourth-order valence-corrected chi connectivity index (χ4v) is 2.31. The molecular formula is C13H18Cl2.